The largest absolute Gasteiger partial charge is 0.325 e. The second-order valence-electron chi connectivity index (χ2n) is 5.22. The minimum Gasteiger partial charge on any atom is -0.304 e. The number of pyridine rings is 1. The van der Waals surface area contributed by atoms with Gasteiger partial charge in [-0.05, 0) is 29.3 Å². The number of imidazole rings is 1. The smallest absolute Gasteiger partial charge is 0.304 e. The fourth-order valence-corrected chi connectivity index (χ4v) is 2.58. The van der Waals surface area contributed by atoms with Crippen molar-refractivity contribution >= 4 is 22.8 Å². The van der Waals surface area contributed by atoms with Gasteiger partial charge in [0, 0.05) is 11.1 Å². The number of nitrogens with one attached hydrogen (secondary N) is 2. The molecule has 0 bridgehead atoms. The van der Waals surface area contributed by atoms with E-state index in [1.165, 1.54) is 4.80 Å². The van der Waals surface area contributed by atoms with Crippen LogP contribution in [0.3, 0.4) is 0 Å². The summed E-state index contributed by atoms with van der Waals surface area (Å²) in [6, 6.07) is 9.09. The number of hydrogen-bond acceptors (Lipinski definition) is 5. The number of aromatic amines is 2. The first-order chi connectivity index (χ1) is 12.1. The number of hydrogen-bond donors (Lipinski definition) is 2. The van der Waals surface area contributed by atoms with Gasteiger partial charge in [-0.25, -0.2) is 9.78 Å². The number of H-pyrrole nitrogens is 2. The van der Waals surface area contributed by atoms with Crippen LogP contribution in [0.15, 0.2) is 35.1 Å². The van der Waals surface area contributed by atoms with Crippen molar-refractivity contribution in [3.8, 4) is 23.1 Å². The van der Waals surface area contributed by atoms with Crippen LogP contribution < -0.4 is 5.69 Å². The van der Waals surface area contributed by atoms with E-state index in [4.69, 9.17) is 11.6 Å². The van der Waals surface area contributed by atoms with Gasteiger partial charge in [-0.15, -0.1) is 5.10 Å². The van der Waals surface area contributed by atoms with Crippen LogP contribution in [0.5, 0.6) is 0 Å². The quantitative estimate of drug-likeness (QED) is 0.505. The summed E-state index contributed by atoms with van der Waals surface area (Å²) in [5.41, 5.74) is 2.90. The van der Waals surface area contributed by atoms with Gasteiger partial charge in [0.2, 0.25) is 5.82 Å². The number of rotatable bonds is 1. The molecule has 0 radical (unpaired) electrons. The van der Waals surface area contributed by atoms with Crippen molar-refractivity contribution in [2.45, 2.75) is 0 Å². The van der Waals surface area contributed by atoms with Crippen LogP contribution in [-0.4, -0.2) is 35.2 Å². The number of nitrogens with zero attached hydrogens (tertiary/aromatic N) is 5. The van der Waals surface area contributed by atoms with Gasteiger partial charge in [-0.3, -0.25) is 4.98 Å². The predicted octanol–water partition coefficient (Wildman–Crippen LogP) is 1.49. The zero-order valence-corrected chi connectivity index (χ0v) is 13.7. The molecule has 4 rings (SSSR count). The van der Waals surface area contributed by atoms with Crippen LogP contribution in [0, 0.1) is 11.8 Å². The topological polar surface area (TPSA) is 105 Å². The Labute approximate surface area is 145 Å². The van der Waals surface area contributed by atoms with Crippen molar-refractivity contribution in [3.63, 3.8) is 0 Å². The van der Waals surface area contributed by atoms with E-state index in [1.54, 1.807) is 13.1 Å². The second kappa shape index (κ2) is 5.89. The fourth-order valence-electron chi connectivity index (χ4n) is 2.32. The lowest BCUT2D eigenvalue weighted by atomic mass is 10.1. The standard InChI is InChI=1S/C16H10ClN7O/c1-24-22-13(21-23-24)7-4-9-2-5-10(6-3-9)14-11(17)8-12-15(19-14)20-16(25)18-12/h2-3,5-6,8H,1H3,(H2,18,19,20,25). The zero-order valence-electron chi connectivity index (χ0n) is 12.9. The molecule has 0 amide bonds. The Bertz CT molecular complexity index is 1190. The molecule has 2 N–H and O–H groups in total. The van der Waals surface area contributed by atoms with Gasteiger partial charge in [0.25, 0.3) is 0 Å². The first kappa shape index (κ1) is 15.1. The fraction of sp³-hybridized carbons (Fsp3) is 0.0625. The Hall–Kier alpha value is -3.44. The van der Waals surface area contributed by atoms with Crippen molar-refractivity contribution in [3.05, 3.63) is 57.2 Å². The molecule has 1 aromatic carbocycles. The van der Waals surface area contributed by atoms with Crippen molar-refractivity contribution in [1.29, 1.82) is 0 Å². The second-order valence-corrected chi connectivity index (χ2v) is 5.63. The summed E-state index contributed by atoms with van der Waals surface area (Å²) in [5, 5.41) is 12.0. The molecule has 0 saturated heterocycles. The molecule has 0 aliphatic carbocycles. The third-order valence-corrected chi connectivity index (χ3v) is 3.73. The first-order valence-corrected chi connectivity index (χ1v) is 7.61. The van der Waals surface area contributed by atoms with Crippen LogP contribution in [0.1, 0.15) is 11.4 Å². The molecule has 8 nitrogen and oxygen atoms in total. The van der Waals surface area contributed by atoms with Crippen LogP contribution in [0.2, 0.25) is 5.02 Å². The van der Waals surface area contributed by atoms with Gasteiger partial charge in [0.05, 0.1) is 23.3 Å². The molecule has 0 atom stereocenters. The highest BCUT2D eigenvalue weighted by Gasteiger charge is 2.09. The summed E-state index contributed by atoms with van der Waals surface area (Å²) in [6.07, 6.45) is 0. The lowest BCUT2D eigenvalue weighted by molar-refractivity contribution is 0.629. The molecule has 0 spiro atoms. The van der Waals surface area contributed by atoms with E-state index in [1.807, 2.05) is 24.3 Å². The number of halogens is 1. The summed E-state index contributed by atoms with van der Waals surface area (Å²) >= 11 is 6.28. The van der Waals surface area contributed by atoms with Crippen LogP contribution >= 0.6 is 11.6 Å². The van der Waals surface area contributed by atoms with Gasteiger partial charge < -0.3 is 4.98 Å². The van der Waals surface area contributed by atoms with E-state index in [0.29, 0.717) is 27.7 Å². The number of benzene rings is 1. The Kier molecular flexibility index (Phi) is 3.56. The highest BCUT2D eigenvalue weighted by molar-refractivity contribution is 6.33. The van der Waals surface area contributed by atoms with Gasteiger partial charge >= 0.3 is 5.69 Å². The number of aromatic nitrogens is 7. The SMILES string of the molecule is Cn1nnc(C#Cc2ccc(-c3nc4[nH]c(=O)[nH]c4cc3Cl)cc2)n1. The van der Waals surface area contributed by atoms with E-state index in [0.717, 1.165) is 11.1 Å². The lowest BCUT2D eigenvalue weighted by Crippen LogP contribution is -1.99. The van der Waals surface area contributed by atoms with E-state index in [2.05, 4.69) is 42.2 Å². The van der Waals surface area contributed by atoms with Crippen LogP contribution in [0.25, 0.3) is 22.4 Å². The molecule has 122 valence electrons. The molecule has 0 fully saturated rings. The Morgan fingerprint density at radius 3 is 2.68 bits per heavy atom. The maximum Gasteiger partial charge on any atom is 0.325 e. The maximum atomic E-state index is 11.4. The summed E-state index contributed by atoms with van der Waals surface area (Å²) in [4.78, 5) is 22.4. The highest BCUT2D eigenvalue weighted by Crippen LogP contribution is 2.28. The maximum absolute atomic E-state index is 11.4. The third-order valence-electron chi connectivity index (χ3n) is 3.44. The molecule has 0 aliphatic heterocycles. The normalized spacial score (nSPS) is 10.6. The summed E-state index contributed by atoms with van der Waals surface area (Å²) < 4.78 is 0. The van der Waals surface area contributed by atoms with Crippen molar-refractivity contribution in [2.24, 2.45) is 7.05 Å². The molecule has 0 aliphatic rings. The minimum absolute atomic E-state index is 0.320. The Morgan fingerprint density at radius 2 is 1.96 bits per heavy atom. The number of fused-ring (bicyclic) bond motifs is 1. The molecule has 3 aromatic heterocycles. The molecular formula is C16H10ClN7O. The molecule has 9 heteroatoms. The zero-order chi connectivity index (χ0) is 17.4. The monoisotopic (exact) mass is 351 g/mol. The van der Waals surface area contributed by atoms with E-state index >= 15 is 0 Å². The highest BCUT2D eigenvalue weighted by atomic mass is 35.5. The molecule has 4 aromatic rings. The van der Waals surface area contributed by atoms with E-state index in [9.17, 15) is 4.79 Å². The van der Waals surface area contributed by atoms with Gasteiger partial charge in [0.15, 0.2) is 5.65 Å². The van der Waals surface area contributed by atoms with Crippen molar-refractivity contribution in [1.82, 2.24) is 35.2 Å². The molecule has 0 saturated carbocycles. The van der Waals surface area contributed by atoms with Crippen LogP contribution in [-0.2, 0) is 7.05 Å². The van der Waals surface area contributed by atoms with E-state index in [-0.39, 0.29) is 5.69 Å². The van der Waals surface area contributed by atoms with E-state index < -0.39 is 0 Å². The Morgan fingerprint density at radius 1 is 1.16 bits per heavy atom. The molecule has 0 unspecified atom stereocenters. The number of aryl methyl sites for hydroxylation is 1. The first-order valence-electron chi connectivity index (χ1n) is 7.23. The average Bonchev–Trinajstić information content (AvgIpc) is 3.17. The lowest BCUT2D eigenvalue weighted by Gasteiger charge is -2.04. The molecule has 25 heavy (non-hydrogen) atoms. The van der Waals surface area contributed by atoms with Crippen LogP contribution in [0.4, 0.5) is 0 Å². The minimum atomic E-state index is -0.320. The average molecular weight is 352 g/mol. The van der Waals surface area contributed by atoms with Crippen molar-refractivity contribution in [2.75, 3.05) is 0 Å². The summed E-state index contributed by atoms with van der Waals surface area (Å²) in [5.74, 6) is 6.16. The van der Waals surface area contributed by atoms with Crippen molar-refractivity contribution < 1.29 is 0 Å². The van der Waals surface area contributed by atoms with Gasteiger partial charge in [-0.2, -0.15) is 4.80 Å². The summed E-state index contributed by atoms with van der Waals surface area (Å²) in [7, 11) is 1.68. The molecule has 3 heterocycles. The summed E-state index contributed by atoms with van der Waals surface area (Å²) in [6.45, 7) is 0. The Balaban J connectivity index is 1.67. The number of tetrazole rings is 1. The third kappa shape index (κ3) is 3.00. The predicted molar refractivity (Wildman–Crippen MR) is 91.9 cm³/mol. The van der Waals surface area contributed by atoms with Gasteiger partial charge in [0.1, 0.15) is 0 Å². The van der Waals surface area contributed by atoms with Gasteiger partial charge in [-0.1, -0.05) is 34.8 Å². The molecular weight excluding hydrogens is 342 g/mol.